The largest absolute Gasteiger partial charge is 0.394 e. The van der Waals surface area contributed by atoms with Crippen molar-refractivity contribution in [3.8, 4) is 0 Å². The van der Waals surface area contributed by atoms with E-state index in [1.54, 1.807) is 9.80 Å². The lowest BCUT2D eigenvalue weighted by atomic mass is 9.73. The highest BCUT2D eigenvalue weighted by molar-refractivity contribution is 5.88. The fraction of sp³-hybridized carbons (Fsp3) is 0.385. The molecule has 5 heteroatoms. The second kappa shape index (κ2) is 8.31. The van der Waals surface area contributed by atoms with Crippen molar-refractivity contribution in [3.05, 3.63) is 71.3 Å². The summed E-state index contributed by atoms with van der Waals surface area (Å²) in [5, 5.41) is 9.96. The van der Waals surface area contributed by atoms with Gasteiger partial charge in [0.15, 0.2) is 0 Å². The van der Waals surface area contributed by atoms with Crippen LogP contribution in [0.2, 0.25) is 0 Å². The van der Waals surface area contributed by atoms with E-state index < -0.39 is 0 Å². The number of carbonyl (C=O) groups is 2. The second-order valence-electron chi connectivity index (χ2n) is 8.98. The molecule has 2 amide bonds. The van der Waals surface area contributed by atoms with Gasteiger partial charge >= 0.3 is 0 Å². The first kappa shape index (κ1) is 20.0. The zero-order chi connectivity index (χ0) is 21.4. The molecule has 0 bridgehead atoms. The Morgan fingerprint density at radius 1 is 1.00 bits per heavy atom. The van der Waals surface area contributed by atoms with Crippen LogP contribution >= 0.6 is 0 Å². The molecule has 3 atom stereocenters. The number of amides is 2. The molecule has 5 rings (SSSR count). The molecule has 0 radical (unpaired) electrons. The average molecular weight is 417 g/mol. The highest BCUT2D eigenvalue weighted by Gasteiger charge is 2.54. The molecule has 3 aliphatic rings. The molecule has 2 aromatic carbocycles. The molecule has 2 aromatic rings. The number of carbonyl (C=O) groups excluding carboxylic acids is 2. The zero-order valence-electron chi connectivity index (χ0n) is 17.6. The molecule has 0 spiro atoms. The zero-order valence-corrected chi connectivity index (χ0v) is 17.6. The number of fused-ring (bicyclic) bond motifs is 1. The first-order chi connectivity index (χ1) is 15.1. The number of hydrogen-bond acceptors (Lipinski definition) is 3. The highest BCUT2D eigenvalue weighted by atomic mass is 16.3. The molecule has 1 saturated carbocycles. The van der Waals surface area contributed by atoms with Crippen molar-refractivity contribution >= 4 is 24.0 Å². The lowest BCUT2D eigenvalue weighted by molar-refractivity contribution is -0.167. The van der Waals surface area contributed by atoms with Gasteiger partial charge in [-0.1, -0.05) is 66.7 Å². The number of aliphatic hydroxyl groups is 1. The third-order valence-corrected chi connectivity index (χ3v) is 6.85. The van der Waals surface area contributed by atoms with E-state index in [4.69, 9.17) is 0 Å². The van der Waals surface area contributed by atoms with E-state index in [1.165, 1.54) is 0 Å². The summed E-state index contributed by atoms with van der Waals surface area (Å²) in [4.78, 5) is 28.8. The Hall–Kier alpha value is -2.92. The van der Waals surface area contributed by atoms with E-state index in [2.05, 4.69) is 48.6 Å². The fourth-order valence-electron chi connectivity index (χ4n) is 4.97. The first-order valence-electron chi connectivity index (χ1n) is 11.2. The van der Waals surface area contributed by atoms with Crippen molar-refractivity contribution in [1.82, 2.24) is 9.80 Å². The summed E-state index contributed by atoms with van der Waals surface area (Å²) in [6, 6.07) is 18.2. The van der Waals surface area contributed by atoms with Crippen LogP contribution < -0.4 is 0 Å². The maximum Gasteiger partial charge on any atom is 0.242 e. The Morgan fingerprint density at radius 3 is 2.32 bits per heavy atom. The summed E-state index contributed by atoms with van der Waals surface area (Å²) in [7, 11) is 0. The Kier molecular flexibility index (Phi) is 5.36. The third kappa shape index (κ3) is 4.02. The Bertz CT molecular complexity index is 981. The summed E-state index contributed by atoms with van der Waals surface area (Å²) in [5.41, 5.74) is 3.37. The molecule has 160 valence electrons. The van der Waals surface area contributed by atoms with Gasteiger partial charge in [-0.05, 0) is 35.4 Å². The molecule has 1 aliphatic carbocycles. The predicted molar refractivity (Wildman–Crippen MR) is 120 cm³/mol. The molecule has 0 unspecified atom stereocenters. The average Bonchev–Trinajstić information content (AvgIpc) is 3.59. The van der Waals surface area contributed by atoms with Gasteiger partial charge in [-0.15, -0.1) is 0 Å². The number of piperazine rings is 1. The number of nitrogens with zero attached hydrogens (tertiary/aromatic N) is 2. The van der Waals surface area contributed by atoms with Crippen molar-refractivity contribution in [1.29, 1.82) is 0 Å². The third-order valence-electron chi connectivity index (χ3n) is 6.85. The standard InChI is InChI=1S/C26H28N2O3/c29-17-23-26(21-12-10-19(11-13-21)7-6-18-4-2-1-3-5-18)22-15-27(16-25(31)28(22)23)24(30)14-20-8-9-20/h1-7,10-13,20,22-23,26,29H,8-9,14-17H2/b7-6+/t22-,23+,26+/m1/s1. The minimum absolute atomic E-state index is 0.0434. The smallest absolute Gasteiger partial charge is 0.242 e. The molecule has 1 N–H and O–H groups in total. The number of hydrogen-bond donors (Lipinski definition) is 1. The first-order valence-corrected chi connectivity index (χ1v) is 11.2. The molecular weight excluding hydrogens is 388 g/mol. The molecule has 0 aromatic heterocycles. The molecule has 5 nitrogen and oxygen atoms in total. The number of benzene rings is 2. The van der Waals surface area contributed by atoms with Gasteiger partial charge < -0.3 is 14.9 Å². The van der Waals surface area contributed by atoms with Crippen LogP contribution in [0.1, 0.15) is 41.9 Å². The van der Waals surface area contributed by atoms with Gasteiger partial charge in [-0.25, -0.2) is 0 Å². The fourth-order valence-corrected chi connectivity index (χ4v) is 4.97. The molecule has 3 fully saturated rings. The Balaban J connectivity index is 1.30. The van der Waals surface area contributed by atoms with E-state index >= 15 is 0 Å². The quantitative estimate of drug-likeness (QED) is 0.736. The van der Waals surface area contributed by atoms with Crippen LogP contribution in [0.4, 0.5) is 0 Å². The van der Waals surface area contributed by atoms with Gasteiger partial charge in [0.1, 0.15) is 0 Å². The SMILES string of the molecule is O=C(CC1CC1)N1CC(=O)N2[C@H](C1)[C@H](c1ccc(/C=C/c3ccccc3)cc1)[C@@H]2CO. The van der Waals surface area contributed by atoms with E-state index in [1.807, 2.05) is 18.2 Å². The summed E-state index contributed by atoms with van der Waals surface area (Å²) in [5.74, 6) is 0.623. The summed E-state index contributed by atoms with van der Waals surface area (Å²) < 4.78 is 0. The predicted octanol–water partition coefficient (Wildman–Crippen LogP) is 3.15. The minimum atomic E-state index is -0.205. The van der Waals surface area contributed by atoms with Crippen LogP contribution in [-0.4, -0.2) is 58.5 Å². The monoisotopic (exact) mass is 416 g/mol. The van der Waals surface area contributed by atoms with Gasteiger partial charge in [0.05, 0.1) is 25.2 Å². The van der Waals surface area contributed by atoms with Gasteiger partial charge in [-0.3, -0.25) is 9.59 Å². The van der Waals surface area contributed by atoms with Gasteiger partial charge in [0.25, 0.3) is 0 Å². The van der Waals surface area contributed by atoms with E-state index in [0.717, 1.165) is 29.5 Å². The molecule has 2 saturated heterocycles. The topological polar surface area (TPSA) is 60.9 Å². The van der Waals surface area contributed by atoms with Crippen LogP contribution in [0.25, 0.3) is 12.2 Å². The van der Waals surface area contributed by atoms with Gasteiger partial charge in [-0.2, -0.15) is 0 Å². The van der Waals surface area contributed by atoms with Crippen molar-refractivity contribution in [2.45, 2.75) is 37.3 Å². The van der Waals surface area contributed by atoms with Crippen LogP contribution in [0.5, 0.6) is 0 Å². The minimum Gasteiger partial charge on any atom is -0.394 e. The summed E-state index contributed by atoms with van der Waals surface area (Å²) >= 11 is 0. The second-order valence-corrected chi connectivity index (χ2v) is 8.98. The van der Waals surface area contributed by atoms with Crippen molar-refractivity contribution in [3.63, 3.8) is 0 Å². The van der Waals surface area contributed by atoms with Crippen LogP contribution in [0.3, 0.4) is 0 Å². The van der Waals surface area contributed by atoms with Crippen molar-refractivity contribution in [2.75, 3.05) is 19.7 Å². The van der Waals surface area contributed by atoms with Crippen molar-refractivity contribution < 1.29 is 14.7 Å². The van der Waals surface area contributed by atoms with E-state index in [0.29, 0.717) is 18.9 Å². The van der Waals surface area contributed by atoms with Crippen LogP contribution in [0.15, 0.2) is 54.6 Å². The summed E-state index contributed by atoms with van der Waals surface area (Å²) in [6.45, 7) is 0.654. The lowest BCUT2D eigenvalue weighted by Gasteiger charge is -2.58. The van der Waals surface area contributed by atoms with Gasteiger partial charge in [0.2, 0.25) is 11.8 Å². The van der Waals surface area contributed by atoms with E-state index in [9.17, 15) is 14.7 Å². The molecular formula is C26H28N2O3. The maximum absolute atomic E-state index is 12.7. The summed E-state index contributed by atoms with van der Waals surface area (Å²) in [6.07, 6.45) is 6.99. The van der Waals surface area contributed by atoms with Crippen molar-refractivity contribution in [2.24, 2.45) is 5.92 Å². The van der Waals surface area contributed by atoms with Crippen LogP contribution in [-0.2, 0) is 9.59 Å². The normalized spacial score (nSPS) is 25.5. The van der Waals surface area contributed by atoms with Gasteiger partial charge in [0, 0.05) is 18.9 Å². The maximum atomic E-state index is 12.7. The Labute approximate surface area is 183 Å². The van der Waals surface area contributed by atoms with Crippen LogP contribution in [0, 0.1) is 5.92 Å². The van der Waals surface area contributed by atoms with E-state index in [-0.39, 0.29) is 43.0 Å². The molecule has 2 aliphatic heterocycles. The Morgan fingerprint density at radius 2 is 1.68 bits per heavy atom. The highest BCUT2D eigenvalue weighted by Crippen LogP contribution is 2.43. The molecule has 2 heterocycles. The lowest BCUT2D eigenvalue weighted by Crippen LogP contribution is -2.73. The number of rotatable bonds is 6. The number of aliphatic hydroxyl groups excluding tert-OH is 1. The molecule has 31 heavy (non-hydrogen) atoms.